The lowest BCUT2D eigenvalue weighted by Crippen LogP contribution is -2.40. The van der Waals surface area contributed by atoms with Gasteiger partial charge in [-0.3, -0.25) is 19.3 Å². The molecule has 2 heterocycles. The number of benzene rings is 2. The van der Waals surface area contributed by atoms with Crippen LogP contribution in [0.3, 0.4) is 0 Å². The minimum Gasteiger partial charge on any atom is -0.275 e. The summed E-state index contributed by atoms with van der Waals surface area (Å²) in [4.78, 5) is 33.6. The first kappa shape index (κ1) is 17.7. The van der Waals surface area contributed by atoms with Gasteiger partial charge in [0.15, 0.2) is 6.10 Å². The molecule has 0 aliphatic carbocycles. The standard InChI is InChI=1S/C22H24N2O3/c1-15(2)13-18-19-20(27-24(18)17-11-7-4-8-12-17)22(26)23(21(19)25)14-16-9-5-3-6-10-16/h3-12,15,18-20H,13-14H2,1-2H3/t18-,19-,20-/m1/s1. The summed E-state index contributed by atoms with van der Waals surface area (Å²) < 4.78 is 0. The van der Waals surface area contributed by atoms with Crippen LogP contribution in [-0.4, -0.2) is 28.9 Å². The quantitative estimate of drug-likeness (QED) is 0.763. The molecule has 0 saturated carbocycles. The smallest absolute Gasteiger partial charge is 0.262 e. The molecule has 0 spiro atoms. The number of imide groups is 1. The highest BCUT2D eigenvalue weighted by Crippen LogP contribution is 2.41. The zero-order chi connectivity index (χ0) is 19.0. The molecule has 0 N–H and O–H groups in total. The monoisotopic (exact) mass is 364 g/mol. The Morgan fingerprint density at radius 1 is 0.926 bits per heavy atom. The number of rotatable bonds is 5. The molecule has 2 aliphatic heterocycles. The Labute approximate surface area is 159 Å². The SMILES string of the molecule is CC(C)C[C@@H]1[C@H]2C(=O)N(Cc3ccccc3)C(=O)[C@@H]2ON1c1ccccc1. The highest BCUT2D eigenvalue weighted by Gasteiger charge is 2.59. The summed E-state index contributed by atoms with van der Waals surface area (Å²) in [5, 5.41) is 1.78. The van der Waals surface area contributed by atoms with Crippen molar-refractivity contribution in [1.82, 2.24) is 4.90 Å². The lowest BCUT2D eigenvalue weighted by molar-refractivity contribution is -0.143. The fourth-order valence-electron chi connectivity index (χ4n) is 4.02. The molecular formula is C22H24N2O3. The van der Waals surface area contributed by atoms with Gasteiger partial charge in [-0.2, -0.15) is 0 Å². The Hall–Kier alpha value is -2.66. The number of carbonyl (C=O) groups excluding carboxylic acids is 2. The van der Waals surface area contributed by atoms with E-state index in [1.165, 1.54) is 4.90 Å². The largest absolute Gasteiger partial charge is 0.275 e. The highest BCUT2D eigenvalue weighted by molar-refractivity contribution is 6.07. The summed E-state index contributed by atoms with van der Waals surface area (Å²) in [6.45, 7) is 4.55. The van der Waals surface area contributed by atoms with Gasteiger partial charge in [-0.25, -0.2) is 5.06 Å². The summed E-state index contributed by atoms with van der Waals surface area (Å²) in [5.41, 5.74) is 1.83. The summed E-state index contributed by atoms with van der Waals surface area (Å²) >= 11 is 0. The van der Waals surface area contributed by atoms with E-state index in [0.29, 0.717) is 12.5 Å². The molecule has 5 heteroatoms. The second kappa shape index (κ2) is 7.16. The van der Waals surface area contributed by atoms with E-state index in [-0.39, 0.29) is 17.9 Å². The molecule has 5 nitrogen and oxygen atoms in total. The normalized spacial score (nSPS) is 24.8. The first-order valence-corrected chi connectivity index (χ1v) is 9.46. The molecule has 0 bridgehead atoms. The van der Waals surface area contributed by atoms with E-state index in [2.05, 4.69) is 13.8 Å². The minimum absolute atomic E-state index is 0.127. The number of fused-ring (bicyclic) bond motifs is 1. The van der Waals surface area contributed by atoms with E-state index in [9.17, 15) is 9.59 Å². The summed E-state index contributed by atoms with van der Waals surface area (Å²) in [6, 6.07) is 19.2. The number of amides is 2. The molecule has 2 aliphatic rings. The molecule has 2 fully saturated rings. The van der Waals surface area contributed by atoms with Crippen LogP contribution in [0.4, 0.5) is 5.69 Å². The van der Waals surface area contributed by atoms with Crippen LogP contribution < -0.4 is 5.06 Å². The average Bonchev–Trinajstić information content (AvgIpc) is 3.15. The van der Waals surface area contributed by atoms with Crippen LogP contribution in [0.1, 0.15) is 25.8 Å². The van der Waals surface area contributed by atoms with Crippen LogP contribution in [0.5, 0.6) is 0 Å². The third kappa shape index (κ3) is 3.23. The molecule has 3 atom stereocenters. The number of nitrogens with zero attached hydrogens (tertiary/aromatic N) is 2. The molecule has 140 valence electrons. The summed E-state index contributed by atoms with van der Waals surface area (Å²) in [5.74, 6) is -0.433. The number of hydroxylamine groups is 1. The van der Waals surface area contributed by atoms with Gasteiger partial charge in [0.05, 0.1) is 24.2 Å². The van der Waals surface area contributed by atoms with Crippen molar-refractivity contribution in [3.8, 4) is 0 Å². The molecule has 0 radical (unpaired) electrons. The molecule has 0 unspecified atom stereocenters. The maximum absolute atomic E-state index is 13.2. The maximum atomic E-state index is 13.2. The Morgan fingerprint density at radius 3 is 2.19 bits per heavy atom. The number of carbonyl (C=O) groups is 2. The van der Waals surface area contributed by atoms with Gasteiger partial charge < -0.3 is 0 Å². The van der Waals surface area contributed by atoms with Gasteiger partial charge in [-0.1, -0.05) is 62.4 Å². The van der Waals surface area contributed by atoms with E-state index >= 15 is 0 Å². The molecule has 2 aromatic carbocycles. The predicted octanol–water partition coefficient (Wildman–Crippen LogP) is 3.41. The summed E-state index contributed by atoms with van der Waals surface area (Å²) in [7, 11) is 0. The number of para-hydroxylation sites is 1. The summed E-state index contributed by atoms with van der Waals surface area (Å²) in [6.07, 6.45) is 0.0546. The molecule has 2 amide bonds. The van der Waals surface area contributed by atoms with Crippen LogP contribution in [0.15, 0.2) is 60.7 Å². The minimum atomic E-state index is -0.731. The van der Waals surface area contributed by atoms with Gasteiger partial charge in [-0.05, 0) is 30.0 Å². The van der Waals surface area contributed by atoms with Gasteiger partial charge in [0.1, 0.15) is 0 Å². The van der Waals surface area contributed by atoms with Gasteiger partial charge in [-0.15, -0.1) is 0 Å². The van der Waals surface area contributed by atoms with Crippen LogP contribution in [-0.2, 0) is 21.0 Å². The van der Waals surface area contributed by atoms with E-state index in [1.807, 2.05) is 60.7 Å². The molecular weight excluding hydrogens is 340 g/mol. The Morgan fingerprint density at radius 2 is 1.56 bits per heavy atom. The first-order valence-electron chi connectivity index (χ1n) is 9.46. The van der Waals surface area contributed by atoms with Gasteiger partial charge in [0.25, 0.3) is 5.91 Å². The topological polar surface area (TPSA) is 49.9 Å². The van der Waals surface area contributed by atoms with Crippen LogP contribution in [0.2, 0.25) is 0 Å². The van der Waals surface area contributed by atoms with E-state index in [0.717, 1.165) is 17.7 Å². The molecule has 2 aromatic rings. The van der Waals surface area contributed by atoms with Crippen molar-refractivity contribution in [3.05, 3.63) is 66.2 Å². The van der Waals surface area contributed by atoms with Gasteiger partial charge in [0.2, 0.25) is 5.91 Å². The lowest BCUT2D eigenvalue weighted by Gasteiger charge is -2.29. The highest BCUT2D eigenvalue weighted by atomic mass is 16.7. The van der Waals surface area contributed by atoms with Crippen molar-refractivity contribution in [2.75, 3.05) is 5.06 Å². The Bertz CT molecular complexity index is 822. The molecule has 2 saturated heterocycles. The van der Waals surface area contributed by atoms with E-state index < -0.39 is 12.0 Å². The molecule has 0 aromatic heterocycles. The van der Waals surface area contributed by atoms with Gasteiger partial charge >= 0.3 is 0 Å². The Balaban J connectivity index is 1.62. The fourth-order valence-corrected chi connectivity index (χ4v) is 4.02. The molecule has 27 heavy (non-hydrogen) atoms. The fraction of sp³-hybridized carbons (Fsp3) is 0.364. The van der Waals surface area contributed by atoms with Crippen LogP contribution in [0, 0.1) is 11.8 Å². The maximum Gasteiger partial charge on any atom is 0.262 e. The third-order valence-corrected chi connectivity index (χ3v) is 5.24. The zero-order valence-corrected chi connectivity index (χ0v) is 15.6. The van der Waals surface area contributed by atoms with Crippen molar-refractivity contribution in [3.63, 3.8) is 0 Å². The van der Waals surface area contributed by atoms with Crippen molar-refractivity contribution in [1.29, 1.82) is 0 Å². The van der Waals surface area contributed by atoms with Crippen molar-refractivity contribution in [2.45, 2.75) is 39.0 Å². The van der Waals surface area contributed by atoms with Crippen molar-refractivity contribution >= 4 is 17.5 Å². The number of anilines is 1. The first-order chi connectivity index (χ1) is 13.1. The lowest BCUT2D eigenvalue weighted by atomic mass is 9.90. The van der Waals surface area contributed by atoms with E-state index in [1.54, 1.807) is 5.06 Å². The number of hydrogen-bond donors (Lipinski definition) is 0. The van der Waals surface area contributed by atoms with Crippen LogP contribution in [0.25, 0.3) is 0 Å². The number of hydrogen-bond acceptors (Lipinski definition) is 4. The Kier molecular flexibility index (Phi) is 4.70. The zero-order valence-electron chi connectivity index (χ0n) is 15.6. The second-order valence-electron chi connectivity index (χ2n) is 7.66. The molecule has 4 rings (SSSR count). The average molecular weight is 364 g/mol. The van der Waals surface area contributed by atoms with Crippen molar-refractivity contribution < 1.29 is 14.4 Å². The third-order valence-electron chi connectivity index (χ3n) is 5.24. The number of likely N-dealkylation sites (tertiary alicyclic amines) is 1. The van der Waals surface area contributed by atoms with Crippen LogP contribution >= 0.6 is 0 Å². The second-order valence-corrected chi connectivity index (χ2v) is 7.66. The van der Waals surface area contributed by atoms with E-state index in [4.69, 9.17) is 4.84 Å². The van der Waals surface area contributed by atoms with Gasteiger partial charge in [0, 0.05) is 0 Å². The van der Waals surface area contributed by atoms with Crippen molar-refractivity contribution in [2.24, 2.45) is 11.8 Å². The predicted molar refractivity (Wildman–Crippen MR) is 103 cm³/mol.